The van der Waals surface area contributed by atoms with E-state index in [1.54, 1.807) is 7.11 Å². The molecular weight excluding hydrogens is 489 g/mol. The van der Waals surface area contributed by atoms with Crippen molar-refractivity contribution in [3.05, 3.63) is 94.5 Å². The zero-order valence-electron chi connectivity index (χ0n) is 23.5. The van der Waals surface area contributed by atoms with E-state index in [1.165, 1.54) is 22.3 Å². The van der Waals surface area contributed by atoms with Gasteiger partial charge in [0.05, 0.1) is 18.3 Å². The zero-order valence-corrected chi connectivity index (χ0v) is 23.5. The normalized spacial score (nSPS) is 17.5. The second kappa shape index (κ2) is 10.6. The molecule has 0 spiro atoms. The van der Waals surface area contributed by atoms with Crippen LogP contribution in [0.2, 0.25) is 0 Å². The van der Waals surface area contributed by atoms with Crippen molar-refractivity contribution in [1.29, 1.82) is 0 Å². The van der Waals surface area contributed by atoms with Crippen molar-refractivity contribution < 1.29 is 23.6 Å². The first-order valence-corrected chi connectivity index (χ1v) is 13.4. The Labute approximate surface area is 231 Å². The van der Waals surface area contributed by atoms with E-state index in [4.69, 9.17) is 18.8 Å². The monoisotopic (exact) mass is 525 g/mol. The number of rotatable bonds is 7. The number of methoxy groups -OCH3 is 1. The van der Waals surface area contributed by atoms with Crippen LogP contribution in [-0.4, -0.2) is 44.7 Å². The molecule has 1 aliphatic carbocycles. The molecule has 1 fully saturated rings. The summed E-state index contributed by atoms with van der Waals surface area (Å²) in [4.78, 5) is 13.0. The Bertz CT molecular complexity index is 1350. The van der Waals surface area contributed by atoms with Crippen LogP contribution in [-0.2, 0) is 14.0 Å². The summed E-state index contributed by atoms with van der Waals surface area (Å²) >= 11 is 0. The molecule has 39 heavy (non-hydrogen) atoms. The zero-order chi connectivity index (χ0) is 27.8. The van der Waals surface area contributed by atoms with Crippen LogP contribution < -0.4 is 10.1 Å². The third-order valence-electron chi connectivity index (χ3n) is 8.06. The number of carbonyl (C=O) groups excluding carboxylic acids is 1. The largest absolute Gasteiger partial charge is 0.496 e. The molecule has 5 rings (SSSR count). The van der Waals surface area contributed by atoms with Crippen molar-refractivity contribution in [3.8, 4) is 16.9 Å². The number of ether oxygens (including phenoxy) is 2. The lowest BCUT2D eigenvalue weighted by atomic mass is 9.77. The highest BCUT2D eigenvalue weighted by Gasteiger charge is 2.52. The number of carbonyl (C=O) groups is 1. The summed E-state index contributed by atoms with van der Waals surface area (Å²) in [6.45, 7) is 10.5. The van der Waals surface area contributed by atoms with Crippen LogP contribution >= 0.6 is 0 Å². The average molecular weight is 525 g/mol. The lowest BCUT2D eigenvalue weighted by molar-refractivity contribution is 0.00578. The summed E-state index contributed by atoms with van der Waals surface area (Å²) in [7, 11) is 1.01. The third-order valence-corrected chi connectivity index (χ3v) is 8.06. The molecule has 3 aromatic rings. The molecule has 1 N–H and O–H groups in total. The molecule has 0 unspecified atom stereocenters. The van der Waals surface area contributed by atoms with Gasteiger partial charge in [-0.1, -0.05) is 66.2 Å². The summed E-state index contributed by atoms with van der Waals surface area (Å²) in [5, 5.41) is 2.93. The number of alkyl carbamates (subject to hydrolysis) is 1. The van der Waals surface area contributed by atoms with Crippen LogP contribution in [0.5, 0.6) is 5.75 Å². The number of benzene rings is 3. The molecule has 0 aromatic heterocycles. The van der Waals surface area contributed by atoms with E-state index in [1.807, 2.05) is 83.2 Å². The fourth-order valence-corrected chi connectivity index (χ4v) is 5.19. The van der Waals surface area contributed by atoms with Gasteiger partial charge in [0.1, 0.15) is 12.4 Å². The Morgan fingerprint density at radius 1 is 0.949 bits per heavy atom. The number of hydrogen-bond donors (Lipinski definition) is 1. The maximum absolute atomic E-state index is 13.0. The maximum atomic E-state index is 13.0. The third kappa shape index (κ3) is 5.34. The highest BCUT2D eigenvalue weighted by Crippen LogP contribution is 2.44. The Morgan fingerprint density at radius 2 is 1.54 bits per heavy atom. The van der Waals surface area contributed by atoms with Gasteiger partial charge >= 0.3 is 13.2 Å². The van der Waals surface area contributed by atoms with Crippen molar-refractivity contribution in [2.24, 2.45) is 0 Å². The fraction of sp³-hybridized carbons (Fsp3) is 0.344. The van der Waals surface area contributed by atoms with Gasteiger partial charge < -0.3 is 24.1 Å². The van der Waals surface area contributed by atoms with Gasteiger partial charge in [-0.25, -0.2) is 4.79 Å². The van der Waals surface area contributed by atoms with Crippen LogP contribution in [0.25, 0.3) is 17.2 Å². The number of hydrogen-bond acceptors (Lipinski definition) is 5. The van der Waals surface area contributed by atoms with Crippen molar-refractivity contribution >= 4 is 19.3 Å². The van der Waals surface area contributed by atoms with Gasteiger partial charge in [-0.3, -0.25) is 0 Å². The number of fused-ring (bicyclic) bond motifs is 3. The molecule has 3 aromatic carbocycles. The first-order valence-electron chi connectivity index (χ1n) is 13.4. The van der Waals surface area contributed by atoms with Crippen LogP contribution in [0.4, 0.5) is 4.79 Å². The molecule has 6 nitrogen and oxygen atoms in total. The van der Waals surface area contributed by atoms with E-state index in [-0.39, 0.29) is 19.1 Å². The number of aryl methyl sites for hydroxylation is 1. The van der Waals surface area contributed by atoms with E-state index in [9.17, 15) is 4.79 Å². The van der Waals surface area contributed by atoms with Gasteiger partial charge in [0.15, 0.2) is 0 Å². The minimum atomic E-state index is -0.630. The first kappa shape index (κ1) is 27.0. The highest BCUT2D eigenvalue weighted by atomic mass is 16.7. The Morgan fingerprint density at radius 3 is 2.13 bits per heavy atom. The lowest BCUT2D eigenvalue weighted by Crippen LogP contribution is -2.41. The standard InChI is InChI=1S/C32H36BNO5/c1-21-15-16-29(36-6)22(17-21)18-23(33-38-31(2,3)32(4,5)39-33)19-34-30(35)37-20-28-26-13-9-7-11-24(26)25-12-8-10-14-27(25)28/h7-18,28H,19-20H2,1-6H3,(H,34,35). The maximum Gasteiger partial charge on any atom is 0.492 e. The van der Waals surface area contributed by atoms with E-state index in [0.717, 1.165) is 22.3 Å². The van der Waals surface area contributed by atoms with E-state index in [0.29, 0.717) is 0 Å². The minimum Gasteiger partial charge on any atom is -0.496 e. The van der Waals surface area contributed by atoms with Crippen LogP contribution in [0, 0.1) is 6.92 Å². The minimum absolute atomic E-state index is 0.00202. The summed E-state index contributed by atoms with van der Waals surface area (Å²) in [6, 6.07) is 22.6. The van der Waals surface area contributed by atoms with E-state index < -0.39 is 24.4 Å². The highest BCUT2D eigenvalue weighted by molar-refractivity contribution is 6.56. The number of nitrogens with one attached hydrogen (secondary N) is 1. The van der Waals surface area contributed by atoms with Gasteiger partial charge in [0.25, 0.3) is 0 Å². The summed E-state index contributed by atoms with van der Waals surface area (Å²) in [5.41, 5.74) is 6.46. The Balaban J connectivity index is 1.33. The van der Waals surface area contributed by atoms with Crippen molar-refractivity contribution in [2.45, 2.75) is 51.7 Å². The molecule has 7 heteroatoms. The lowest BCUT2D eigenvalue weighted by Gasteiger charge is -2.32. The smallest absolute Gasteiger partial charge is 0.492 e. The van der Waals surface area contributed by atoms with Crippen molar-refractivity contribution in [2.75, 3.05) is 20.3 Å². The molecule has 0 saturated carbocycles. The van der Waals surface area contributed by atoms with Gasteiger partial charge in [-0.15, -0.1) is 0 Å². The topological polar surface area (TPSA) is 66.0 Å². The van der Waals surface area contributed by atoms with Gasteiger partial charge in [-0.2, -0.15) is 0 Å². The molecule has 202 valence electrons. The molecule has 2 aliphatic rings. The molecule has 1 aliphatic heterocycles. The Kier molecular flexibility index (Phi) is 7.32. The molecule has 1 amide bonds. The molecule has 1 saturated heterocycles. The molecule has 0 atom stereocenters. The average Bonchev–Trinajstić information content (AvgIpc) is 3.34. The summed E-state index contributed by atoms with van der Waals surface area (Å²) in [6.07, 6.45) is 1.48. The molecule has 0 bridgehead atoms. The van der Waals surface area contributed by atoms with Crippen LogP contribution in [0.3, 0.4) is 0 Å². The number of amides is 1. The predicted molar refractivity (Wildman–Crippen MR) is 155 cm³/mol. The first-order chi connectivity index (χ1) is 18.6. The summed E-state index contributed by atoms with van der Waals surface area (Å²) < 4.78 is 24.0. The quantitative estimate of drug-likeness (QED) is 0.354. The van der Waals surface area contributed by atoms with E-state index in [2.05, 4.69) is 29.6 Å². The van der Waals surface area contributed by atoms with Crippen molar-refractivity contribution in [1.82, 2.24) is 5.32 Å². The van der Waals surface area contributed by atoms with Gasteiger partial charge in [0.2, 0.25) is 0 Å². The second-order valence-corrected chi connectivity index (χ2v) is 11.2. The second-order valence-electron chi connectivity index (χ2n) is 11.2. The predicted octanol–water partition coefficient (Wildman–Crippen LogP) is 6.56. The fourth-order valence-electron chi connectivity index (χ4n) is 5.19. The Hall–Kier alpha value is -3.55. The van der Waals surface area contributed by atoms with E-state index >= 15 is 0 Å². The molecule has 0 radical (unpaired) electrons. The van der Waals surface area contributed by atoms with Crippen molar-refractivity contribution in [3.63, 3.8) is 0 Å². The van der Waals surface area contributed by atoms with Crippen LogP contribution in [0.1, 0.15) is 55.9 Å². The van der Waals surface area contributed by atoms with Gasteiger partial charge in [-0.05, 0) is 74.5 Å². The van der Waals surface area contributed by atoms with Gasteiger partial charge in [0, 0.05) is 18.0 Å². The molecular formula is C32H36BNO5. The SMILES string of the molecule is COc1ccc(C)cc1C=C(CNC(=O)OCC1c2ccccc2-c2ccccc21)B1OC(C)(C)C(C)(C)O1. The molecule has 1 heterocycles. The summed E-state index contributed by atoms with van der Waals surface area (Å²) in [5.74, 6) is 0.730. The van der Waals surface area contributed by atoms with Crippen LogP contribution in [0.15, 0.2) is 72.2 Å².